The monoisotopic (exact) mass is 375 g/mol. The number of rotatable bonds is 6. The van der Waals surface area contributed by atoms with Crippen LogP contribution < -0.4 is 15.1 Å². The minimum absolute atomic E-state index is 0.0544. The minimum Gasteiger partial charge on any atom is -0.459 e. The first kappa shape index (κ1) is 18.2. The molecule has 1 atom stereocenters. The summed E-state index contributed by atoms with van der Waals surface area (Å²) in [5, 5.41) is 3.04. The van der Waals surface area contributed by atoms with Crippen LogP contribution in [0.3, 0.4) is 0 Å². The highest BCUT2D eigenvalue weighted by Crippen LogP contribution is 2.35. The molecular formula is C23H25N3O2. The van der Waals surface area contributed by atoms with Gasteiger partial charge in [0, 0.05) is 38.6 Å². The topological polar surface area (TPSA) is 48.7 Å². The lowest BCUT2D eigenvalue weighted by atomic mass is 10.0. The average molecular weight is 375 g/mol. The predicted octanol–water partition coefficient (Wildman–Crippen LogP) is 3.88. The van der Waals surface area contributed by atoms with Gasteiger partial charge in [0.1, 0.15) is 0 Å². The van der Waals surface area contributed by atoms with Gasteiger partial charge in [0.25, 0.3) is 5.91 Å². The van der Waals surface area contributed by atoms with Gasteiger partial charge in [-0.2, -0.15) is 0 Å². The van der Waals surface area contributed by atoms with Crippen LogP contribution in [0.15, 0.2) is 71.3 Å². The van der Waals surface area contributed by atoms with Crippen molar-refractivity contribution in [3.8, 4) is 0 Å². The Hall–Kier alpha value is -3.21. The van der Waals surface area contributed by atoms with Crippen molar-refractivity contribution in [1.29, 1.82) is 0 Å². The standard InChI is InChI=1S/C23H25N3O2/c1-25(2)19-11-9-18(10-12-19)21(16-24-23(27)22-8-5-15-28-22)26-14-13-17-6-3-4-7-20(17)26/h3-12,15,21H,13-14,16H2,1-2H3,(H,24,27)/t21-/m0/s1. The number of benzene rings is 2. The van der Waals surface area contributed by atoms with E-state index in [0.717, 1.165) is 18.7 Å². The van der Waals surface area contributed by atoms with Crippen molar-refractivity contribution in [3.05, 3.63) is 83.8 Å². The van der Waals surface area contributed by atoms with E-state index < -0.39 is 0 Å². The summed E-state index contributed by atoms with van der Waals surface area (Å²) in [6.07, 6.45) is 2.54. The number of carbonyl (C=O) groups is 1. The Balaban J connectivity index is 1.60. The molecule has 0 aliphatic carbocycles. The molecule has 4 rings (SSSR count). The van der Waals surface area contributed by atoms with Crippen molar-refractivity contribution in [2.24, 2.45) is 0 Å². The number of nitrogens with zero attached hydrogens (tertiary/aromatic N) is 2. The zero-order chi connectivity index (χ0) is 19.5. The molecule has 1 aliphatic heterocycles. The Morgan fingerprint density at radius 3 is 2.61 bits per heavy atom. The van der Waals surface area contributed by atoms with E-state index in [1.54, 1.807) is 12.1 Å². The molecule has 0 fully saturated rings. The van der Waals surface area contributed by atoms with Crippen LogP contribution in [-0.2, 0) is 6.42 Å². The summed E-state index contributed by atoms with van der Waals surface area (Å²) in [5.41, 5.74) is 4.94. The lowest BCUT2D eigenvalue weighted by Crippen LogP contribution is -2.37. The Labute approximate surface area is 165 Å². The summed E-state index contributed by atoms with van der Waals surface area (Å²) in [6, 6.07) is 20.5. The second-order valence-electron chi connectivity index (χ2n) is 7.26. The number of fused-ring (bicyclic) bond motifs is 1. The Morgan fingerprint density at radius 1 is 1.11 bits per heavy atom. The first-order valence-corrected chi connectivity index (χ1v) is 9.57. The van der Waals surface area contributed by atoms with Gasteiger partial charge in [0.05, 0.1) is 12.3 Å². The predicted molar refractivity (Wildman–Crippen MR) is 112 cm³/mol. The molecule has 0 saturated carbocycles. The van der Waals surface area contributed by atoms with Gasteiger partial charge >= 0.3 is 0 Å². The Morgan fingerprint density at radius 2 is 1.89 bits per heavy atom. The Bertz CT molecular complexity index is 933. The third-order valence-electron chi connectivity index (χ3n) is 5.29. The average Bonchev–Trinajstić information content (AvgIpc) is 3.39. The van der Waals surface area contributed by atoms with Crippen LogP contribution in [0.25, 0.3) is 0 Å². The van der Waals surface area contributed by atoms with Gasteiger partial charge in [-0.15, -0.1) is 0 Å². The molecule has 0 bridgehead atoms. The third-order valence-corrected chi connectivity index (χ3v) is 5.29. The molecule has 5 heteroatoms. The van der Waals surface area contributed by atoms with Crippen molar-refractivity contribution < 1.29 is 9.21 Å². The third kappa shape index (κ3) is 3.60. The second kappa shape index (κ2) is 7.80. The van der Waals surface area contributed by atoms with E-state index in [1.165, 1.54) is 23.1 Å². The molecule has 1 amide bonds. The van der Waals surface area contributed by atoms with Gasteiger partial charge in [-0.25, -0.2) is 0 Å². The molecule has 0 radical (unpaired) electrons. The molecule has 28 heavy (non-hydrogen) atoms. The second-order valence-corrected chi connectivity index (χ2v) is 7.26. The highest BCUT2D eigenvalue weighted by Gasteiger charge is 2.27. The van der Waals surface area contributed by atoms with Gasteiger partial charge in [0.2, 0.25) is 0 Å². The quantitative estimate of drug-likeness (QED) is 0.710. The number of para-hydroxylation sites is 1. The molecule has 0 spiro atoms. The number of nitrogens with one attached hydrogen (secondary N) is 1. The van der Waals surface area contributed by atoms with Crippen molar-refractivity contribution in [1.82, 2.24) is 5.32 Å². The maximum absolute atomic E-state index is 12.4. The zero-order valence-corrected chi connectivity index (χ0v) is 16.3. The summed E-state index contributed by atoms with van der Waals surface area (Å²) in [5.74, 6) is 0.149. The van der Waals surface area contributed by atoms with E-state index >= 15 is 0 Å². The van der Waals surface area contributed by atoms with Gasteiger partial charge in [0.15, 0.2) is 5.76 Å². The molecule has 2 aromatic carbocycles. The number of hydrogen-bond donors (Lipinski definition) is 1. The van der Waals surface area contributed by atoms with Crippen LogP contribution in [0.1, 0.15) is 27.7 Å². The first-order valence-electron chi connectivity index (χ1n) is 9.57. The molecule has 5 nitrogen and oxygen atoms in total. The van der Waals surface area contributed by atoms with E-state index in [9.17, 15) is 4.79 Å². The summed E-state index contributed by atoms with van der Waals surface area (Å²) in [7, 11) is 4.07. The van der Waals surface area contributed by atoms with Crippen LogP contribution in [0.5, 0.6) is 0 Å². The molecule has 0 saturated heterocycles. The largest absolute Gasteiger partial charge is 0.459 e. The SMILES string of the molecule is CN(C)c1ccc([C@H](CNC(=O)c2ccco2)N2CCc3ccccc32)cc1. The van der Waals surface area contributed by atoms with Crippen molar-refractivity contribution in [3.63, 3.8) is 0 Å². The summed E-state index contributed by atoms with van der Waals surface area (Å²) < 4.78 is 5.23. The van der Waals surface area contributed by atoms with E-state index in [0.29, 0.717) is 12.3 Å². The Kier molecular flexibility index (Phi) is 5.06. The summed E-state index contributed by atoms with van der Waals surface area (Å²) in [4.78, 5) is 16.9. The minimum atomic E-state index is -0.188. The van der Waals surface area contributed by atoms with Crippen LogP contribution >= 0.6 is 0 Å². The van der Waals surface area contributed by atoms with Gasteiger partial charge < -0.3 is 19.5 Å². The van der Waals surface area contributed by atoms with Crippen LogP contribution in [0, 0.1) is 0 Å². The molecule has 1 aliphatic rings. The molecule has 1 N–H and O–H groups in total. The summed E-state index contributed by atoms with van der Waals surface area (Å²) in [6.45, 7) is 1.45. The molecule has 1 aromatic heterocycles. The van der Waals surface area contributed by atoms with Crippen molar-refractivity contribution in [2.75, 3.05) is 37.0 Å². The maximum atomic E-state index is 12.4. The smallest absolute Gasteiger partial charge is 0.287 e. The fraction of sp³-hybridized carbons (Fsp3) is 0.261. The maximum Gasteiger partial charge on any atom is 0.287 e. The lowest BCUT2D eigenvalue weighted by Gasteiger charge is -2.31. The number of anilines is 2. The molecule has 2 heterocycles. The van der Waals surface area contributed by atoms with E-state index in [2.05, 4.69) is 63.6 Å². The zero-order valence-electron chi connectivity index (χ0n) is 16.3. The number of amides is 1. The van der Waals surface area contributed by atoms with Gasteiger partial charge in [-0.1, -0.05) is 30.3 Å². The molecule has 144 valence electrons. The number of hydrogen-bond acceptors (Lipinski definition) is 4. The van der Waals surface area contributed by atoms with Gasteiger partial charge in [-0.3, -0.25) is 4.79 Å². The van der Waals surface area contributed by atoms with Crippen LogP contribution in [0.4, 0.5) is 11.4 Å². The molecular weight excluding hydrogens is 350 g/mol. The van der Waals surface area contributed by atoms with Crippen molar-refractivity contribution in [2.45, 2.75) is 12.5 Å². The highest BCUT2D eigenvalue weighted by atomic mass is 16.3. The van der Waals surface area contributed by atoms with E-state index in [1.807, 2.05) is 14.1 Å². The van der Waals surface area contributed by atoms with Crippen LogP contribution in [0.2, 0.25) is 0 Å². The van der Waals surface area contributed by atoms with E-state index in [-0.39, 0.29) is 11.9 Å². The first-order chi connectivity index (χ1) is 13.6. The van der Waals surface area contributed by atoms with Crippen molar-refractivity contribution >= 4 is 17.3 Å². The fourth-order valence-electron chi connectivity index (χ4n) is 3.77. The summed E-state index contributed by atoms with van der Waals surface area (Å²) >= 11 is 0. The number of carbonyl (C=O) groups excluding carboxylic acids is 1. The highest BCUT2D eigenvalue weighted by molar-refractivity contribution is 5.91. The lowest BCUT2D eigenvalue weighted by molar-refractivity contribution is 0.0923. The van der Waals surface area contributed by atoms with Crippen LogP contribution in [-0.4, -0.2) is 33.1 Å². The number of furan rings is 1. The normalized spacial score (nSPS) is 13.9. The molecule has 0 unspecified atom stereocenters. The molecule has 3 aromatic rings. The van der Waals surface area contributed by atoms with E-state index in [4.69, 9.17) is 4.42 Å². The van der Waals surface area contributed by atoms with Gasteiger partial charge in [-0.05, 0) is 47.9 Å². The fourth-order valence-corrected chi connectivity index (χ4v) is 3.77.